The third kappa shape index (κ3) is 4.72. The third-order valence-corrected chi connectivity index (χ3v) is 4.94. The lowest BCUT2D eigenvalue weighted by Crippen LogP contribution is -2.42. The predicted octanol–water partition coefficient (Wildman–Crippen LogP) is 3.62. The minimum atomic E-state index is -0.530. The molecule has 0 radical (unpaired) electrons. The highest BCUT2D eigenvalue weighted by Crippen LogP contribution is 2.20. The van der Waals surface area contributed by atoms with E-state index in [-0.39, 0.29) is 28.3 Å². The second kappa shape index (κ2) is 8.93. The summed E-state index contributed by atoms with van der Waals surface area (Å²) in [5.41, 5.74) is 2.91. The Bertz CT molecular complexity index is 875. The Kier molecular flexibility index (Phi) is 6.36. The molecule has 0 bridgehead atoms. The quantitative estimate of drug-likeness (QED) is 0.623. The maximum Gasteiger partial charge on any atom is 0.253 e. The fraction of sp³-hybridized carbons (Fsp3) is 0.250. The van der Waals surface area contributed by atoms with E-state index in [0.717, 1.165) is 0 Å². The Morgan fingerprint density at radius 3 is 2.43 bits per heavy atom. The number of hydrogen-bond donors (Lipinski definition) is 1. The predicted molar refractivity (Wildman–Crippen MR) is 102 cm³/mol. The first-order chi connectivity index (χ1) is 13.5. The van der Waals surface area contributed by atoms with Crippen LogP contribution in [0.15, 0.2) is 47.6 Å². The van der Waals surface area contributed by atoms with Crippen molar-refractivity contribution in [3.8, 4) is 0 Å². The first kappa shape index (κ1) is 19.9. The summed E-state index contributed by atoms with van der Waals surface area (Å²) in [6.45, 7) is 0.828. The molecule has 3 rings (SSSR count). The summed E-state index contributed by atoms with van der Waals surface area (Å²) in [5, 5.41) is 3.98. The smallest absolute Gasteiger partial charge is 0.253 e. The van der Waals surface area contributed by atoms with Gasteiger partial charge in [0, 0.05) is 30.1 Å². The first-order valence-electron chi connectivity index (χ1n) is 8.77. The van der Waals surface area contributed by atoms with Gasteiger partial charge < -0.3 is 4.90 Å². The molecule has 0 unspecified atom stereocenters. The monoisotopic (exact) mass is 405 g/mol. The van der Waals surface area contributed by atoms with Crippen LogP contribution in [0.4, 0.5) is 8.78 Å². The highest BCUT2D eigenvalue weighted by molar-refractivity contribution is 6.33. The van der Waals surface area contributed by atoms with E-state index in [2.05, 4.69) is 10.5 Å². The van der Waals surface area contributed by atoms with E-state index in [0.29, 0.717) is 31.5 Å². The number of piperidine rings is 1. The number of hydrogen-bond acceptors (Lipinski definition) is 3. The van der Waals surface area contributed by atoms with Crippen molar-refractivity contribution >= 4 is 29.6 Å². The lowest BCUT2D eigenvalue weighted by Gasteiger charge is -2.31. The highest BCUT2D eigenvalue weighted by atomic mass is 35.5. The van der Waals surface area contributed by atoms with Crippen LogP contribution in [0.1, 0.15) is 28.8 Å². The molecule has 5 nitrogen and oxygen atoms in total. The molecule has 0 aliphatic carbocycles. The van der Waals surface area contributed by atoms with Crippen LogP contribution in [0, 0.1) is 17.6 Å². The fourth-order valence-corrected chi connectivity index (χ4v) is 3.22. The normalized spacial score (nSPS) is 15.0. The van der Waals surface area contributed by atoms with Gasteiger partial charge in [0.15, 0.2) is 0 Å². The number of amides is 2. The van der Waals surface area contributed by atoms with Crippen LogP contribution in [0.25, 0.3) is 0 Å². The molecule has 1 saturated heterocycles. The summed E-state index contributed by atoms with van der Waals surface area (Å²) in [4.78, 5) is 26.3. The molecule has 0 spiro atoms. The Hall–Kier alpha value is -2.80. The molecule has 0 saturated carbocycles. The molecule has 0 aromatic heterocycles. The van der Waals surface area contributed by atoms with Crippen molar-refractivity contribution in [2.75, 3.05) is 13.1 Å². The lowest BCUT2D eigenvalue weighted by molar-refractivity contribution is -0.126. The number of nitrogens with one attached hydrogen (secondary N) is 1. The van der Waals surface area contributed by atoms with Gasteiger partial charge in [0.25, 0.3) is 5.91 Å². The maximum absolute atomic E-state index is 13.7. The van der Waals surface area contributed by atoms with Gasteiger partial charge in [0.2, 0.25) is 5.91 Å². The summed E-state index contributed by atoms with van der Waals surface area (Å²) in [6, 6.07) is 9.64. The SMILES string of the molecule is O=C(N/N=C\c1c(F)cccc1Cl)C1CCN(C(=O)c2ccc(F)cc2)CC1. The number of nitrogens with zero attached hydrogens (tertiary/aromatic N) is 2. The van der Waals surface area contributed by atoms with Crippen molar-refractivity contribution in [3.63, 3.8) is 0 Å². The van der Waals surface area contributed by atoms with Crippen LogP contribution >= 0.6 is 11.6 Å². The van der Waals surface area contributed by atoms with Gasteiger partial charge in [-0.1, -0.05) is 17.7 Å². The number of carbonyl (C=O) groups is 2. The molecule has 2 amide bonds. The molecule has 146 valence electrons. The zero-order chi connectivity index (χ0) is 20.1. The van der Waals surface area contributed by atoms with E-state index >= 15 is 0 Å². The molecule has 0 atom stereocenters. The molecule has 1 fully saturated rings. The molecule has 2 aromatic rings. The van der Waals surface area contributed by atoms with E-state index in [4.69, 9.17) is 11.6 Å². The Labute approximate surface area is 166 Å². The van der Waals surface area contributed by atoms with Gasteiger partial charge in [-0.25, -0.2) is 14.2 Å². The average molecular weight is 406 g/mol. The number of carbonyl (C=O) groups excluding carboxylic acids is 2. The van der Waals surface area contributed by atoms with Gasteiger partial charge in [-0.3, -0.25) is 9.59 Å². The number of benzene rings is 2. The van der Waals surface area contributed by atoms with Gasteiger partial charge in [-0.15, -0.1) is 0 Å². The second-order valence-corrected chi connectivity index (χ2v) is 6.85. The van der Waals surface area contributed by atoms with Crippen LogP contribution in [-0.4, -0.2) is 36.0 Å². The van der Waals surface area contributed by atoms with Crippen molar-refractivity contribution < 1.29 is 18.4 Å². The largest absolute Gasteiger partial charge is 0.339 e. The fourth-order valence-electron chi connectivity index (χ4n) is 3.01. The van der Waals surface area contributed by atoms with E-state index in [1.807, 2.05) is 0 Å². The molecule has 1 aliphatic rings. The van der Waals surface area contributed by atoms with Crippen molar-refractivity contribution in [2.45, 2.75) is 12.8 Å². The lowest BCUT2D eigenvalue weighted by atomic mass is 9.95. The zero-order valence-corrected chi connectivity index (χ0v) is 15.6. The van der Waals surface area contributed by atoms with Crippen molar-refractivity contribution in [1.29, 1.82) is 0 Å². The molecule has 1 aliphatic heterocycles. The number of hydrazone groups is 1. The van der Waals surface area contributed by atoms with Crippen molar-refractivity contribution in [2.24, 2.45) is 11.0 Å². The topological polar surface area (TPSA) is 61.8 Å². The summed E-state index contributed by atoms with van der Waals surface area (Å²) >= 11 is 5.90. The molecular formula is C20H18ClF2N3O2. The number of halogens is 3. The van der Waals surface area contributed by atoms with Gasteiger partial charge in [-0.05, 0) is 49.2 Å². The highest BCUT2D eigenvalue weighted by Gasteiger charge is 2.27. The van der Waals surface area contributed by atoms with Gasteiger partial charge in [-0.2, -0.15) is 5.10 Å². The van der Waals surface area contributed by atoms with E-state index in [1.165, 1.54) is 48.7 Å². The zero-order valence-electron chi connectivity index (χ0n) is 14.9. The van der Waals surface area contributed by atoms with Crippen LogP contribution < -0.4 is 5.43 Å². The molecule has 1 heterocycles. The number of rotatable bonds is 4. The summed E-state index contributed by atoms with van der Waals surface area (Å²) in [7, 11) is 0. The molecule has 1 N–H and O–H groups in total. The van der Waals surface area contributed by atoms with Crippen LogP contribution in [-0.2, 0) is 4.79 Å². The third-order valence-electron chi connectivity index (χ3n) is 4.61. The average Bonchev–Trinajstić information content (AvgIpc) is 2.70. The van der Waals surface area contributed by atoms with Gasteiger partial charge in [0.05, 0.1) is 11.2 Å². The number of likely N-dealkylation sites (tertiary alicyclic amines) is 1. The summed E-state index contributed by atoms with van der Waals surface area (Å²) in [6.07, 6.45) is 2.13. The molecule has 2 aromatic carbocycles. The van der Waals surface area contributed by atoms with Crippen molar-refractivity contribution in [1.82, 2.24) is 10.3 Å². The van der Waals surface area contributed by atoms with Crippen LogP contribution in [0.5, 0.6) is 0 Å². The Morgan fingerprint density at radius 2 is 1.79 bits per heavy atom. The maximum atomic E-state index is 13.7. The summed E-state index contributed by atoms with van der Waals surface area (Å²) < 4.78 is 26.6. The van der Waals surface area contributed by atoms with E-state index < -0.39 is 11.6 Å². The molecule has 28 heavy (non-hydrogen) atoms. The Balaban J connectivity index is 1.52. The molecular weight excluding hydrogens is 388 g/mol. The van der Waals surface area contributed by atoms with E-state index in [9.17, 15) is 18.4 Å². The molecule has 8 heteroatoms. The van der Waals surface area contributed by atoms with Crippen molar-refractivity contribution in [3.05, 3.63) is 70.2 Å². The van der Waals surface area contributed by atoms with Crippen LogP contribution in [0.3, 0.4) is 0 Å². The van der Waals surface area contributed by atoms with E-state index in [1.54, 1.807) is 4.90 Å². The van der Waals surface area contributed by atoms with Crippen LogP contribution in [0.2, 0.25) is 5.02 Å². The first-order valence-corrected chi connectivity index (χ1v) is 9.15. The minimum absolute atomic E-state index is 0.101. The second-order valence-electron chi connectivity index (χ2n) is 6.44. The minimum Gasteiger partial charge on any atom is -0.339 e. The standard InChI is InChI=1S/C20H18ClF2N3O2/c21-17-2-1-3-18(23)16(17)12-24-25-19(27)13-8-10-26(11-9-13)20(28)14-4-6-15(22)7-5-14/h1-7,12-13H,8-11H2,(H,25,27)/b24-12-. The van der Waals surface area contributed by atoms with Gasteiger partial charge in [0.1, 0.15) is 11.6 Å². The van der Waals surface area contributed by atoms with Gasteiger partial charge >= 0.3 is 0 Å². The Morgan fingerprint density at radius 1 is 1.11 bits per heavy atom. The summed E-state index contributed by atoms with van der Waals surface area (Å²) in [5.74, 6) is -1.71.